The molecule has 1 fully saturated rings. The maximum absolute atomic E-state index is 12.5. The molecule has 0 aromatic rings. The minimum atomic E-state index is -0.764. The molecule has 3 N–H and O–H groups in total. The van der Waals surface area contributed by atoms with E-state index < -0.39 is 35.2 Å². The fourth-order valence-corrected chi connectivity index (χ4v) is 2.20. The van der Waals surface area contributed by atoms with E-state index in [1.165, 1.54) is 4.90 Å². The number of amides is 1. The molecule has 6 heteroatoms. The lowest BCUT2D eigenvalue weighted by Crippen LogP contribution is -2.54. The van der Waals surface area contributed by atoms with E-state index in [0.717, 1.165) is 0 Å². The summed E-state index contributed by atoms with van der Waals surface area (Å²) in [6.07, 6.45) is -0.532. The van der Waals surface area contributed by atoms with Crippen LogP contribution in [0.4, 0.5) is 0 Å². The fraction of sp³-hybridized carbons (Fsp3) is 0.867. The highest BCUT2D eigenvalue weighted by atomic mass is 16.6. The number of aliphatic hydroxyl groups excluding tert-OH is 1. The van der Waals surface area contributed by atoms with Gasteiger partial charge in [0.05, 0.1) is 12.1 Å². The summed E-state index contributed by atoms with van der Waals surface area (Å²) in [6, 6.07) is -1.49. The summed E-state index contributed by atoms with van der Waals surface area (Å²) in [6.45, 7) is 11.0. The molecule has 1 saturated heterocycles. The predicted octanol–water partition coefficient (Wildman–Crippen LogP) is 0.663. The molecule has 0 spiro atoms. The number of nitrogens with two attached hydrogens (primary N) is 1. The van der Waals surface area contributed by atoms with Crippen LogP contribution in [0.5, 0.6) is 0 Å². The molecule has 0 bridgehead atoms. The Kier molecular flexibility index (Phi) is 5.05. The second kappa shape index (κ2) is 5.93. The van der Waals surface area contributed by atoms with Crippen molar-refractivity contribution in [3.8, 4) is 0 Å². The third kappa shape index (κ3) is 4.68. The van der Waals surface area contributed by atoms with E-state index in [2.05, 4.69) is 0 Å². The molecular weight excluding hydrogens is 272 g/mol. The van der Waals surface area contributed by atoms with Crippen molar-refractivity contribution in [2.45, 2.75) is 71.8 Å². The molecule has 1 heterocycles. The quantitative estimate of drug-likeness (QED) is 0.731. The van der Waals surface area contributed by atoms with Gasteiger partial charge in [0.25, 0.3) is 0 Å². The zero-order chi connectivity index (χ0) is 16.6. The highest BCUT2D eigenvalue weighted by molar-refractivity contribution is 5.88. The summed E-state index contributed by atoms with van der Waals surface area (Å²) in [4.78, 5) is 26.1. The average molecular weight is 300 g/mol. The molecule has 0 unspecified atom stereocenters. The summed E-state index contributed by atoms with van der Waals surface area (Å²) in [5.74, 6) is -0.816. The topological polar surface area (TPSA) is 92.9 Å². The van der Waals surface area contributed by atoms with E-state index in [-0.39, 0.29) is 18.9 Å². The van der Waals surface area contributed by atoms with Crippen LogP contribution in [-0.4, -0.2) is 52.2 Å². The number of hydrogen-bond donors (Lipinski definition) is 2. The minimum Gasteiger partial charge on any atom is -0.458 e. The fourth-order valence-electron chi connectivity index (χ4n) is 2.20. The van der Waals surface area contributed by atoms with Crippen LogP contribution in [0.3, 0.4) is 0 Å². The average Bonchev–Trinajstić information content (AvgIpc) is 2.66. The number of likely N-dealkylation sites (tertiary alicyclic amines) is 1. The minimum absolute atomic E-state index is 0.118. The van der Waals surface area contributed by atoms with Gasteiger partial charge in [0, 0.05) is 13.0 Å². The lowest BCUT2D eigenvalue weighted by atomic mass is 9.86. The van der Waals surface area contributed by atoms with E-state index in [1.54, 1.807) is 20.8 Å². The lowest BCUT2D eigenvalue weighted by molar-refractivity contribution is -0.163. The van der Waals surface area contributed by atoms with E-state index in [4.69, 9.17) is 10.5 Å². The van der Waals surface area contributed by atoms with Crippen molar-refractivity contribution in [2.75, 3.05) is 6.54 Å². The molecule has 0 aromatic heterocycles. The Hall–Kier alpha value is -1.14. The molecule has 0 aromatic carbocycles. The lowest BCUT2D eigenvalue weighted by Gasteiger charge is -2.33. The molecule has 21 heavy (non-hydrogen) atoms. The van der Waals surface area contributed by atoms with Gasteiger partial charge < -0.3 is 20.5 Å². The molecule has 1 aliphatic heterocycles. The number of esters is 1. The Bertz CT molecular complexity index is 409. The van der Waals surface area contributed by atoms with Crippen LogP contribution in [-0.2, 0) is 14.3 Å². The van der Waals surface area contributed by atoms with E-state index >= 15 is 0 Å². The number of hydrogen-bond acceptors (Lipinski definition) is 5. The first kappa shape index (κ1) is 17.9. The van der Waals surface area contributed by atoms with Crippen LogP contribution in [0, 0.1) is 5.41 Å². The molecule has 0 aliphatic carbocycles. The molecule has 122 valence electrons. The van der Waals surface area contributed by atoms with Gasteiger partial charge in [-0.1, -0.05) is 20.8 Å². The monoisotopic (exact) mass is 300 g/mol. The highest BCUT2D eigenvalue weighted by Gasteiger charge is 2.44. The van der Waals surface area contributed by atoms with Gasteiger partial charge >= 0.3 is 5.97 Å². The van der Waals surface area contributed by atoms with Gasteiger partial charge in [0.2, 0.25) is 5.91 Å². The second-order valence-electron chi connectivity index (χ2n) is 7.77. The number of carbonyl (C=O) groups is 2. The number of aliphatic hydroxyl groups is 1. The Balaban J connectivity index is 2.89. The van der Waals surface area contributed by atoms with Gasteiger partial charge in [-0.3, -0.25) is 4.79 Å². The first-order valence-electron chi connectivity index (χ1n) is 7.30. The van der Waals surface area contributed by atoms with Crippen LogP contribution in [0.2, 0.25) is 0 Å². The summed E-state index contributed by atoms with van der Waals surface area (Å²) >= 11 is 0. The molecule has 0 radical (unpaired) electrons. The van der Waals surface area contributed by atoms with E-state index in [0.29, 0.717) is 0 Å². The van der Waals surface area contributed by atoms with Gasteiger partial charge in [-0.25, -0.2) is 4.79 Å². The van der Waals surface area contributed by atoms with Crippen LogP contribution in [0.25, 0.3) is 0 Å². The highest BCUT2D eigenvalue weighted by Crippen LogP contribution is 2.26. The van der Waals surface area contributed by atoms with Gasteiger partial charge in [-0.05, 0) is 26.2 Å². The first-order chi connectivity index (χ1) is 9.33. The van der Waals surface area contributed by atoms with Crippen molar-refractivity contribution in [2.24, 2.45) is 11.1 Å². The number of β-amino-alcohol motifs (C(OH)–C–C–N with tert-alkyl or cyclic N) is 1. The number of rotatable bonds is 2. The van der Waals surface area contributed by atoms with Crippen LogP contribution < -0.4 is 5.73 Å². The van der Waals surface area contributed by atoms with Crippen molar-refractivity contribution in [3.63, 3.8) is 0 Å². The predicted molar refractivity (Wildman–Crippen MR) is 79.4 cm³/mol. The third-order valence-electron chi connectivity index (χ3n) is 3.44. The van der Waals surface area contributed by atoms with E-state index in [1.807, 2.05) is 20.8 Å². The van der Waals surface area contributed by atoms with E-state index in [9.17, 15) is 14.7 Å². The molecular formula is C15H28N2O4. The zero-order valence-corrected chi connectivity index (χ0v) is 13.8. The molecule has 1 amide bonds. The van der Waals surface area contributed by atoms with Crippen LogP contribution >= 0.6 is 0 Å². The second-order valence-corrected chi connectivity index (χ2v) is 7.77. The Morgan fingerprint density at radius 1 is 1.24 bits per heavy atom. The Morgan fingerprint density at radius 2 is 1.76 bits per heavy atom. The first-order valence-corrected chi connectivity index (χ1v) is 7.30. The standard InChI is InChI=1S/C15H28N2O4/c1-14(2,3)11(16)12(19)17-8-9(18)7-10(17)13(20)21-15(4,5)6/h9-11,18H,7-8,16H2,1-6H3/t9-,10+,11-/m1/s1. The van der Waals surface area contributed by atoms with Gasteiger partial charge in [0.1, 0.15) is 11.6 Å². The van der Waals surface area contributed by atoms with Crippen LogP contribution in [0.15, 0.2) is 0 Å². The van der Waals surface area contributed by atoms with Gasteiger partial charge in [-0.2, -0.15) is 0 Å². The van der Waals surface area contributed by atoms with Crippen molar-refractivity contribution in [1.82, 2.24) is 4.90 Å². The summed E-state index contributed by atoms with van der Waals surface area (Å²) in [7, 11) is 0. The summed E-state index contributed by atoms with van der Waals surface area (Å²) in [5, 5.41) is 9.81. The Labute approximate surface area is 126 Å². The van der Waals surface area contributed by atoms with Crippen molar-refractivity contribution >= 4 is 11.9 Å². The van der Waals surface area contributed by atoms with Gasteiger partial charge in [-0.15, -0.1) is 0 Å². The largest absolute Gasteiger partial charge is 0.458 e. The molecule has 3 atom stereocenters. The number of ether oxygens (including phenoxy) is 1. The third-order valence-corrected chi connectivity index (χ3v) is 3.44. The Morgan fingerprint density at radius 3 is 2.19 bits per heavy atom. The maximum Gasteiger partial charge on any atom is 0.329 e. The van der Waals surface area contributed by atoms with Crippen molar-refractivity contribution in [3.05, 3.63) is 0 Å². The number of nitrogens with zero attached hydrogens (tertiary/aromatic N) is 1. The maximum atomic E-state index is 12.5. The van der Waals surface area contributed by atoms with Crippen molar-refractivity contribution < 1.29 is 19.4 Å². The number of carbonyl (C=O) groups excluding carboxylic acids is 2. The van der Waals surface area contributed by atoms with Crippen LogP contribution in [0.1, 0.15) is 48.0 Å². The normalized spacial score (nSPS) is 24.9. The molecule has 6 nitrogen and oxygen atoms in total. The SMILES string of the molecule is CC(C)(C)OC(=O)[C@@H]1C[C@@H](O)CN1C(=O)[C@@H](N)C(C)(C)C. The smallest absolute Gasteiger partial charge is 0.329 e. The summed E-state index contributed by atoms with van der Waals surface area (Å²) in [5.41, 5.74) is 4.94. The van der Waals surface area contributed by atoms with Gasteiger partial charge in [0.15, 0.2) is 0 Å². The molecule has 1 aliphatic rings. The zero-order valence-electron chi connectivity index (χ0n) is 13.8. The summed E-state index contributed by atoms with van der Waals surface area (Å²) < 4.78 is 5.33. The molecule has 0 saturated carbocycles. The van der Waals surface area contributed by atoms with Crippen molar-refractivity contribution in [1.29, 1.82) is 0 Å². The molecule has 1 rings (SSSR count).